The largest absolute Gasteiger partial charge is 0.494 e. The minimum atomic E-state index is 0.305. The second-order valence-corrected chi connectivity index (χ2v) is 6.43. The molecule has 3 rings (SSSR count). The summed E-state index contributed by atoms with van der Waals surface area (Å²) in [4.78, 5) is 4.83. The van der Waals surface area contributed by atoms with E-state index in [4.69, 9.17) is 21.3 Å². The van der Waals surface area contributed by atoms with Crippen LogP contribution in [-0.4, -0.2) is 12.1 Å². The molecule has 0 spiro atoms. The van der Waals surface area contributed by atoms with Gasteiger partial charge >= 0.3 is 0 Å². The van der Waals surface area contributed by atoms with Crippen molar-refractivity contribution in [3.63, 3.8) is 0 Å². The average molecular weight is 276 g/mol. The van der Waals surface area contributed by atoms with Gasteiger partial charge in [0.2, 0.25) is 0 Å². The zero-order valence-corrected chi connectivity index (χ0v) is 12.3. The highest BCUT2D eigenvalue weighted by Gasteiger charge is 2.28. The van der Waals surface area contributed by atoms with Gasteiger partial charge in [-0.25, -0.2) is 4.98 Å². The second kappa shape index (κ2) is 4.38. The van der Waals surface area contributed by atoms with E-state index < -0.39 is 0 Å². The van der Waals surface area contributed by atoms with Gasteiger partial charge < -0.3 is 4.74 Å². The fourth-order valence-electron chi connectivity index (χ4n) is 2.88. The fourth-order valence-corrected chi connectivity index (χ4v) is 3.23. The molecule has 0 radical (unpaired) electrons. The molecule has 2 nitrogen and oxygen atoms in total. The SMILES string of the molecule is COc1cccc2c(Cl)c3c(nc12)CC(C)(C)CC3. The number of benzene rings is 1. The molecule has 2 aromatic rings. The number of ether oxygens (including phenoxy) is 1. The van der Waals surface area contributed by atoms with Crippen LogP contribution in [-0.2, 0) is 12.8 Å². The van der Waals surface area contributed by atoms with Crippen LogP contribution in [0.4, 0.5) is 0 Å². The van der Waals surface area contributed by atoms with Gasteiger partial charge in [0.25, 0.3) is 0 Å². The number of rotatable bonds is 1. The molecule has 0 N–H and O–H groups in total. The quantitative estimate of drug-likeness (QED) is 0.769. The van der Waals surface area contributed by atoms with Crippen LogP contribution < -0.4 is 4.74 Å². The molecule has 100 valence electrons. The first-order valence-corrected chi connectivity index (χ1v) is 7.03. The Kier molecular flexibility index (Phi) is 2.94. The lowest BCUT2D eigenvalue weighted by atomic mass is 9.76. The first-order valence-electron chi connectivity index (χ1n) is 6.66. The molecule has 0 saturated heterocycles. The van der Waals surface area contributed by atoms with Crippen LogP contribution in [0.15, 0.2) is 18.2 Å². The number of halogens is 1. The van der Waals surface area contributed by atoms with Crippen LogP contribution in [0.5, 0.6) is 5.75 Å². The van der Waals surface area contributed by atoms with Crippen molar-refractivity contribution in [3.8, 4) is 5.75 Å². The summed E-state index contributed by atoms with van der Waals surface area (Å²) < 4.78 is 5.40. The van der Waals surface area contributed by atoms with E-state index in [1.165, 1.54) is 5.56 Å². The van der Waals surface area contributed by atoms with Crippen molar-refractivity contribution in [1.29, 1.82) is 0 Å². The van der Waals surface area contributed by atoms with E-state index in [-0.39, 0.29) is 0 Å². The summed E-state index contributed by atoms with van der Waals surface area (Å²) in [7, 11) is 1.67. The van der Waals surface area contributed by atoms with Gasteiger partial charge in [0, 0.05) is 11.1 Å². The topological polar surface area (TPSA) is 22.1 Å². The van der Waals surface area contributed by atoms with Gasteiger partial charge in [-0.05, 0) is 36.3 Å². The molecular weight excluding hydrogens is 258 g/mol. The van der Waals surface area contributed by atoms with Crippen molar-refractivity contribution in [3.05, 3.63) is 34.5 Å². The van der Waals surface area contributed by atoms with E-state index in [9.17, 15) is 0 Å². The van der Waals surface area contributed by atoms with Crippen molar-refractivity contribution >= 4 is 22.5 Å². The van der Waals surface area contributed by atoms with E-state index in [0.29, 0.717) is 5.41 Å². The molecule has 0 amide bonds. The van der Waals surface area contributed by atoms with Gasteiger partial charge in [-0.15, -0.1) is 0 Å². The van der Waals surface area contributed by atoms with E-state index in [1.54, 1.807) is 7.11 Å². The van der Waals surface area contributed by atoms with Crippen molar-refractivity contribution in [2.24, 2.45) is 5.41 Å². The number of hydrogen-bond acceptors (Lipinski definition) is 2. The molecule has 0 saturated carbocycles. The highest BCUT2D eigenvalue weighted by molar-refractivity contribution is 6.36. The van der Waals surface area contributed by atoms with E-state index in [0.717, 1.165) is 46.6 Å². The predicted octanol–water partition coefficient (Wildman–Crippen LogP) is 4.41. The maximum atomic E-state index is 6.59. The fraction of sp³-hybridized carbons (Fsp3) is 0.438. The Morgan fingerprint density at radius 1 is 1.32 bits per heavy atom. The van der Waals surface area contributed by atoms with Gasteiger partial charge in [0.05, 0.1) is 12.1 Å². The predicted molar refractivity (Wildman–Crippen MR) is 79.1 cm³/mol. The molecule has 1 aromatic carbocycles. The first kappa shape index (κ1) is 12.7. The number of pyridine rings is 1. The van der Waals surface area contributed by atoms with Crippen LogP contribution in [0.1, 0.15) is 31.5 Å². The molecule has 1 aliphatic rings. The molecule has 1 heterocycles. The molecular formula is C16H18ClNO. The maximum Gasteiger partial charge on any atom is 0.145 e. The van der Waals surface area contributed by atoms with Gasteiger partial charge in [-0.1, -0.05) is 37.6 Å². The average Bonchev–Trinajstić information content (AvgIpc) is 2.37. The van der Waals surface area contributed by atoms with Crippen molar-refractivity contribution in [1.82, 2.24) is 4.98 Å². The van der Waals surface area contributed by atoms with Crippen molar-refractivity contribution in [2.75, 3.05) is 7.11 Å². The van der Waals surface area contributed by atoms with Crippen molar-refractivity contribution < 1.29 is 4.74 Å². The number of hydrogen-bond donors (Lipinski definition) is 0. The number of nitrogens with zero attached hydrogens (tertiary/aromatic N) is 1. The molecule has 3 heteroatoms. The third-order valence-electron chi connectivity index (χ3n) is 4.01. The Bertz CT molecular complexity index is 649. The monoisotopic (exact) mass is 275 g/mol. The van der Waals surface area contributed by atoms with Gasteiger partial charge in [0.1, 0.15) is 11.3 Å². The zero-order chi connectivity index (χ0) is 13.6. The minimum Gasteiger partial charge on any atom is -0.494 e. The molecule has 0 unspecified atom stereocenters. The van der Waals surface area contributed by atoms with E-state index >= 15 is 0 Å². The summed E-state index contributed by atoms with van der Waals surface area (Å²) in [6.45, 7) is 4.58. The summed E-state index contributed by atoms with van der Waals surface area (Å²) in [6, 6.07) is 5.92. The first-order chi connectivity index (χ1) is 9.02. The maximum absolute atomic E-state index is 6.59. The Balaban J connectivity index is 2.28. The Morgan fingerprint density at radius 2 is 2.11 bits per heavy atom. The smallest absolute Gasteiger partial charge is 0.145 e. The lowest BCUT2D eigenvalue weighted by molar-refractivity contribution is 0.311. The van der Waals surface area contributed by atoms with Gasteiger partial charge in [-0.2, -0.15) is 0 Å². The van der Waals surface area contributed by atoms with Crippen LogP contribution in [0, 0.1) is 5.41 Å². The van der Waals surface area contributed by atoms with E-state index in [2.05, 4.69) is 13.8 Å². The lowest BCUT2D eigenvalue weighted by Crippen LogP contribution is -2.23. The highest BCUT2D eigenvalue weighted by Crippen LogP contribution is 2.40. The molecule has 0 fully saturated rings. The van der Waals surface area contributed by atoms with Gasteiger partial charge in [0.15, 0.2) is 0 Å². The summed E-state index contributed by atoms with van der Waals surface area (Å²) in [5.41, 5.74) is 3.55. The number of para-hydroxylation sites is 1. The summed E-state index contributed by atoms with van der Waals surface area (Å²) in [6.07, 6.45) is 3.16. The third-order valence-corrected chi connectivity index (χ3v) is 4.44. The number of fused-ring (bicyclic) bond motifs is 2. The Morgan fingerprint density at radius 3 is 2.84 bits per heavy atom. The molecule has 19 heavy (non-hydrogen) atoms. The summed E-state index contributed by atoms with van der Waals surface area (Å²) >= 11 is 6.59. The summed E-state index contributed by atoms with van der Waals surface area (Å²) in [5, 5.41) is 1.86. The molecule has 1 aromatic heterocycles. The molecule has 0 bridgehead atoms. The molecule has 0 aliphatic heterocycles. The third kappa shape index (κ3) is 2.08. The highest BCUT2D eigenvalue weighted by atomic mass is 35.5. The molecule has 1 aliphatic carbocycles. The van der Waals surface area contributed by atoms with E-state index in [1.807, 2.05) is 18.2 Å². The lowest BCUT2D eigenvalue weighted by Gasteiger charge is -2.31. The normalized spacial score (nSPS) is 17.3. The zero-order valence-electron chi connectivity index (χ0n) is 11.6. The van der Waals surface area contributed by atoms with Gasteiger partial charge in [-0.3, -0.25) is 0 Å². The van der Waals surface area contributed by atoms with Crippen molar-refractivity contribution in [2.45, 2.75) is 33.1 Å². The van der Waals surface area contributed by atoms with Crippen LogP contribution >= 0.6 is 11.6 Å². The van der Waals surface area contributed by atoms with Crippen LogP contribution in [0.25, 0.3) is 10.9 Å². The number of methoxy groups -OCH3 is 1. The van der Waals surface area contributed by atoms with Crippen LogP contribution in [0.2, 0.25) is 5.02 Å². The minimum absolute atomic E-state index is 0.305. The standard InChI is InChI=1S/C16H18ClNO/c1-16(2)8-7-10-12(9-16)18-15-11(14(10)17)5-4-6-13(15)19-3/h4-6H,7-9H2,1-3H3. The second-order valence-electron chi connectivity index (χ2n) is 6.05. The molecule has 0 atom stereocenters. The van der Waals surface area contributed by atoms with Crippen LogP contribution in [0.3, 0.4) is 0 Å². The summed E-state index contributed by atoms with van der Waals surface area (Å²) in [5.74, 6) is 0.797. The number of aromatic nitrogens is 1. The Hall–Kier alpha value is -1.28. The Labute approximate surface area is 118 Å².